The quantitative estimate of drug-likeness (QED) is 0.871. The van der Waals surface area contributed by atoms with Gasteiger partial charge in [0.15, 0.2) is 11.5 Å². The van der Waals surface area contributed by atoms with E-state index in [1.54, 1.807) is 25.1 Å². The number of methoxy groups -OCH3 is 2. The van der Waals surface area contributed by atoms with Crippen LogP contribution in [0, 0.1) is 11.6 Å². The first-order valence-corrected chi connectivity index (χ1v) is 7.19. The van der Waals surface area contributed by atoms with Gasteiger partial charge in [0.2, 0.25) is 0 Å². The summed E-state index contributed by atoms with van der Waals surface area (Å²) in [4.78, 5) is 12.0. The smallest absolute Gasteiger partial charge is 0.319 e. The molecule has 2 aromatic carbocycles. The highest BCUT2D eigenvalue weighted by Crippen LogP contribution is 2.29. The number of carbonyl (C=O) groups is 1. The van der Waals surface area contributed by atoms with Crippen molar-refractivity contribution in [3.05, 3.63) is 53.6 Å². The van der Waals surface area contributed by atoms with Crippen molar-refractivity contribution in [1.82, 2.24) is 5.32 Å². The van der Waals surface area contributed by atoms with Gasteiger partial charge in [-0.3, -0.25) is 0 Å². The zero-order valence-electron chi connectivity index (χ0n) is 13.5. The summed E-state index contributed by atoms with van der Waals surface area (Å²) in [5, 5.41) is 5.20. The highest BCUT2D eigenvalue weighted by molar-refractivity contribution is 5.89. The molecule has 0 aliphatic carbocycles. The van der Waals surface area contributed by atoms with E-state index in [2.05, 4.69) is 10.6 Å². The van der Waals surface area contributed by atoms with Crippen LogP contribution in [0.4, 0.5) is 19.3 Å². The van der Waals surface area contributed by atoms with Crippen LogP contribution in [0.1, 0.15) is 18.5 Å². The standard InChI is InChI=1S/C17H18F2N2O3/c1-10(13-6-4-11(18)8-14(13)19)20-17(22)21-12-5-7-15(23-2)16(9-12)24-3/h4-10H,1-3H3,(H2,20,21,22). The lowest BCUT2D eigenvalue weighted by Gasteiger charge is -2.16. The summed E-state index contributed by atoms with van der Waals surface area (Å²) < 4.78 is 36.9. The molecule has 0 aromatic heterocycles. The minimum Gasteiger partial charge on any atom is -0.493 e. The van der Waals surface area contributed by atoms with Gasteiger partial charge in [-0.2, -0.15) is 0 Å². The number of benzene rings is 2. The van der Waals surface area contributed by atoms with Crippen molar-refractivity contribution in [2.24, 2.45) is 0 Å². The Bertz CT molecular complexity index is 738. The number of amides is 2. The van der Waals surface area contributed by atoms with Crippen LogP contribution in [0.2, 0.25) is 0 Å². The second-order valence-corrected chi connectivity index (χ2v) is 5.06. The molecule has 0 radical (unpaired) electrons. The third-order valence-electron chi connectivity index (χ3n) is 3.42. The number of hydrogen-bond donors (Lipinski definition) is 2. The summed E-state index contributed by atoms with van der Waals surface area (Å²) in [6.07, 6.45) is 0. The van der Waals surface area contributed by atoms with E-state index in [4.69, 9.17) is 9.47 Å². The van der Waals surface area contributed by atoms with Gasteiger partial charge in [-0.15, -0.1) is 0 Å². The fourth-order valence-electron chi connectivity index (χ4n) is 2.21. The highest BCUT2D eigenvalue weighted by atomic mass is 19.1. The van der Waals surface area contributed by atoms with E-state index in [1.165, 1.54) is 20.3 Å². The van der Waals surface area contributed by atoms with Crippen LogP contribution in [-0.4, -0.2) is 20.3 Å². The number of nitrogens with one attached hydrogen (secondary N) is 2. The molecule has 0 fully saturated rings. The number of hydrogen-bond acceptors (Lipinski definition) is 3. The van der Waals surface area contributed by atoms with Gasteiger partial charge in [0, 0.05) is 23.4 Å². The molecule has 2 amide bonds. The molecule has 0 aliphatic heterocycles. The van der Waals surface area contributed by atoms with E-state index in [1.807, 2.05) is 0 Å². The Morgan fingerprint density at radius 1 is 1.04 bits per heavy atom. The Labute approximate surface area is 138 Å². The number of urea groups is 1. The minimum absolute atomic E-state index is 0.193. The third kappa shape index (κ3) is 4.13. The Morgan fingerprint density at radius 3 is 2.38 bits per heavy atom. The lowest BCUT2D eigenvalue weighted by atomic mass is 10.1. The first-order chi connectivity index (χ1) is 11.4. The lowest BCUT2D eigenvalue weighted by Crippen LogP contribution is -2.31. The molecule has 7 heteroatoms. The number of rotatable bonds is 5. The first-order valence-electron chi connectivity index (χ1n) is 7.19. The SMILES string of the molecule is COc1ccc(NC(=O)NC(C)c2ccc(F)cc2F)cc1OC. The monoisotopic (exact) mass is 336 g/mol. The van der Waals surface area contributed by atoms with Crippen LogP contribution in [0.5, 0.6) is 11.5 Å². The predicted octanol–water partition coefficient (Wildman–Crippen LogP) is 3.86. The first kappa shape index (κ1) is 17.5. The molecule has 0 spiro atoms. The fourth-order valence-corrected chi connectivity index (χ4v) is 2.21. The summed E-state index contributed by atoms with van der Waals surface area (Å²) in [5.41, 5.74) is 0.677. The van der Waals surface area contributed by atoms with E-state index >= 15 is 0 Å². The lowest BCUT2D eigenvalue weighted by molar-refractivity contribution is 0.249. The number of halogens is 2. The topological polar surface area (TPSA) is 59.6 Å². The normalized spacial score (nSPS) is 11.5. The molecule has 0 heterocycles. The van der Waals surface area contributed by atoms with E-state index in [9.17, 15) is 13.6 Å². The highest BCUT2D eigenvalue weighted by Gasteiger charge is 2.15. The van der Waals surface area contributed by atoms with Gasteiger partial charge in [0.1, 0.15) is 11.6 Å². The van der Waals surface area contributed by atoms with Crippen LogP contribution < -0.4 is 20.1 Å². The summed E-state index contributed by atoms with van der Waals surface area (Å²) >= 11 is 0. The van der Waals surface area contributed by atoms with Crippen molar-refractivity contribution in [3.8, 4) is 11.5 Å². The molecular weight excluding hydrogens is 318 g/mol. The molecule has 5 nitrogen and oxygen atoms in total. The zero-order chi connectivity index (χ0) is 17.7. The summed E-state index contributed by atoms with van der Waals surface area (Å²) in [7, 11) is 3.00. The molecule has 2 rings (SSSR count). The van der Waals surface area contributed by atoms with Gasteiger partial charge in [0.25, 0.3) is 0 Å². The molecule has 1 atom stereocenters. The van der Waals surface area contributed by atoms with Gasteiger partial charge in [-0.25, -0.2) is 13.6 Å². The Kier molecular flexibility index (Phi) is 5.57. The molecule has 0 bridgehead atoms. The van der Waals surface area contributed by atoms with E-state index in [0.29, 0.717) is 17.2 Å². The molecular formula is C17H18F2N2O3. The Hall–Kier alpha value is -2.83. The van der Waals surface area contributed by atoms with Crippen LogP contribution in [0.15, 0.2) is 36.4 Å². The maximum absolute atomic E-state index is 13.7. The van der Waals surface area contributed by atoms with Gasteiger partial charge < -0.3 is 20.1 Å². The zero-order valence-corrected chi connectivity index (χ0v) is 13.5. The average molecular weight is 336 g/mol. The van der Waals surface area contributed by atoms with Crippen molar-refractivity contribution in [2.75, 3.05) is 19.5 Å². The van der Waals surface area contributed by atoms with Crippen LogP contribution in [0.25, 0.3) is 0 Å². The van der Waals surface area contributed by atoms with Crippen molar-refractivity contribution < 1.29 is 23.0 Å². The minimum atomic E-state index is -0.714. The van der Waals surface area contributed by atoms with Crippen LogP contribution >= 0.6 is 0 Å². The molecule has 24 heavy (non-hydrogen) atoms. The van der Waals surface area contributed by atoms with E-state index in [0.717, 1.165) is 12.1 Å². The molecule has 2 aromatic rings. The molecule has 0 aliphatic rings. The summed E-state index contributed by atoms with van der Waals surface area (Å²) in [5.74, 6) is -0.384. The maximum Gasteiger partial charge on any atom is 0.319 e. The molecule has 0 saturated carbocycles. The molecule has 1 unspecified atom stereocenters. The molecule has 2 N–H and O–H groups in total. The van der Waals surface area contributed by atoms with Crippen molar-refractivity contribution in [1.29, 1.82) is 0 Å². The fraction of sp³-hybridized carbons (Fsp3) is 0.235. The summed E-state index contributed by atoms with van der Waals surface area (Å²) in [6, 6.07) is 6.95. The van der Waals surface area contributed by atoms with Gasteiger partial charge in [0.05, 0.1) is 20.3 Å². The maximum atomic E-state index is 13.7. The van der Waals surface area contributed by atoms with E-state index in [-0.39, 0.29) is 5.56 Å². The Morgan fingerprint density at radius 2 is 1.75 bits per heavy atom. The Balaban J connectivity index is 2.05. The number of carbonyl (C=O) groups excluding carboxylic acids is 1. The van der Waals surface area contributed by atoms with Crippen LogP contribution in [-0.2, 0) is 0 Å². The van der Waals surface area contributed by atoms with Crippen molar-refractivity contribution in [2.45, 2.75) is 13.0 Å². The van der Waals surface area contributed by atoms with Crippen molar-refractivity contribution in [3.63, 3.8) is 0 Å². The van der Waals surface area contributed by atoms with Gasteiger partial charge >= 0.3 is 6.03 Å². The number of ether oxygens (including phenoxy) is 2. The van der Waals surface area contributed by atoms with Gasteiger partial charge in [-0.1, -0.05) is 6.07 Å². The number of anilines is 1. The molecule has 128 valence electrons. The van der Waals surface area contributed by atoms with Crippen LogP contribution in [0.3, 0.4) is 0 Å². The van der Waals surface area contributed by atoms with Crippen molar-refractivity contribution >= 4 is 11.7 Å². The average Bonchev–Trinajstić information content (AvgIpc) is 2.54. The molecule has 0 saturated heterocycles. The van der Waals surface area contributed by atoms with Gasteiger partial charge in [-0.05, 0) is 25.1 Å². The summed E-state index contributed by atoms with van der Waals surface area (Å²) in [6.45, 7) is 1.60. The van der Waals surface area contributed by atoms with E-state index < -0.39 is 23.7 Å². The second-order valence-electron chi connectivity index (χ2n) is 5.06. The predicted molar refractivity (Wildman–Crippen MR) is 86.5 cm³/mol. The largest absolute Gasteiger partial charge is 0.493 e. The third-order valence-corrected chi connectivity index (χ3v) is 3.42. The second kappa shape index (κ2) is 7.63.